The van der Waals surface area contributed by atoms with Crippen molar-refractivity contribution in [2.24, 2.45) is 0 Å². The van der Waals surface area contributed by atoms with E-state index in [0.29, 0.717) is 0 Å². The molecule has 11 heteroatoms. The van der Waals surface area contributed by atoms with Crippen LogP contribution < -0.4 is 9.44 Å². The second kappa shape index (κ2) is 5.82. The predicted octanol–water partition coefficient (Wildman–Crippen LogP) is -0.802. The van der Waals surface area contributed by atoms with Gasteiger partial charge < -0.3 is 10.2 Å². The molecule has 0 aliphatic carbocycles. The fraction of sp³-hybridized carbons (Fsp3) is 0.857. The molecule has 0 rings (SSSR count). The number of carbonyl (C=O) groups is 1. The monoisotopic (exact) mass is 294 g/mol. The summed E-state index contributed by atoms with van der Waals surface area (Å²) in [6.07, 6.45) is -5.47. The van der Waals surface area contributed by atoms with Crippen molar-refractivity contribution in [3.05, 3.63) is 0 Å². The Labute approximate surface area is 101 Å². The molecule has 7 nitrogen and oxygen atoms in total. The van der Waals surface area contributed by atoms with Crippen molar-refractivity contribution in [1.82, 2.24) is 9.44 Å². The molecule has 0 aliphatic rings. The van der Waals surface area contributed by atoms with E-state index in [1.807, 2.05) is 0 Å². The molecule has 0 aromatic carbocycles. The molecule has 0 saturated heterocycles. The Kier molecular flexibility index (Phi) is 5.53. The van der Waals surface area contributed by atoms with Gasteiger partial charge in [-0.3, -0.25) is 4.79 Å². The van der Waals surface area contributed by atoms with E-state index in [-0.39, 0.29) is 0 Å². The fourth-order valence-corrected chi connectivity index (χ4v) is 1.82. The summed E-state index contributed by atoms with van der Waals surface area (Å²) in [5.41, 5.74) is -1.90. The highest BCUT2D eigenvalue weighted by Gasteiger charge is 2.31. The van der Waals surface area contributed by atoms with Crippen LogP contribution in [0.3, 0.4) is 0 Å². The van der Waals surface area contributed by atoms with Gasteiger partial charge in [0.25, 0.3) is 10.2 Å². The average molecular weight is 294 g/mol. The molecule has 4 N–H and O–H groups in total. The van der Waals surface area contributed by atoms with Crippen LogP contribution in [0.2, 0.25) is 0 Å². The van der Waals surface area contributed by atoms with Crippen LogP contribution in [0.1, 0.15) is 13.3 Å². The summed E-state index contributed by atoms with van der Waals surface area (Å²) in [5, 5.41) is 17.8. The van der Waals surface area contributed by atoms with Gasteiger partial charge in [0.05, 0.1) is 12.0 Å². The topological polar surface area (TPSA) is 116 Å². The number of rotatable bonds is 7. The van der Waals surface area contributed by atoms with Crippen molar-refractivity contribution in [3.63, 3.8) is 0 Å². The van der Waals surface area contributed by atoms with E-state index in [4.69, 9.17) is 5.11 Å². The lowest BCUT2D eigenvalue weighted by Crippen LogP contribution is -2.47. The number of carboxylic acid groups (broad SMARTS) is 1. The van der Waals surface area contributed by atoms with Gasteiger partial charge in [0.2, 0.25) is 0 Å². The number of carboxylic acids is 1. The molecule has 0 heterocycles. The van der Waals surface area contributed by atoms with Crippen molar-refractivity contribution in [2.75, 3.05) is 13.1 Å². The first-order valence-electron chi connectivity index (χ1n) is 4.58. The van der Waals surface area contributed by atoms with Crippen LogP contribution in [0.25, 0.3) is 0 Å². The van der Waals surface area contributed by atoms with Gasteiger partial charge in [-0.25, -0.2) is 0 Å². The normalized spacial score (nSPS) is 16.3. The molecule has 1 unspecified atom stereocenters. The Morgan fingerprint density at radius 3 is 2.06 bits per heavy atom. The zero-order valence-corrected chi connectivity index (χ0v) is 10.1. The smallest absolute Gasteiger partial charge is 0.402 e. The molecular weight excluding hydrogens is 281 g/mol. The van der Waals surface area contributed by atoms with Gasteiger partial charge in [0, 0.05) is 6.54 Å². The van der Waals surface area contributed by atoms with E-state index >= 15 is 0 Å². The predicted molar refractivity (Wildman–Crippen MR) is 53.9 cm³/mol. The summed E-state index contributed by atoms with van der Waals surface area (Å²) in [7, 11) is -4.46. The first-order chi connectivity index (χ1) is 7.83. The minimum absolute atomic E-state index is 0.730. The Morgan fingerprint density at radius 1 is 1.22 bits per heavy atom. The summed E-state index contributed by atoms with van der Waals surface area (Å²) in [6, 6.07) is 0. The van der Waals surface area contributed by atoms with E-state index in [1.54, 1.807) is 4.72 Å². The van der Waals surface area contributed by atoms with E-state index in [1.165, 1.54) is 4.72 Å². The number of hydrogen-bond donors (Lipinski definition) is 4. The Hall–Kier alpha value is -0.910. The van der Waals surface area contributed by atoms with Crippen LogP contribution >= 0.6 is 0 Å². The van der Waals surface area contributed by atoms with E-state index in [9.17, 15) is 31.5 Å². The Morgan fingerprint density at radius 2 is 1.67 bits per heavy atom. The lowest BCUT2D eigenvalue weighted by molar-refractivity contribution is -0.141. The number of halogens is 3. The molecule has 0 amide bonds. The minimum atomic E-state index is -4.71. The zero-order chi connectivity index (χ0) is 14.6. The van der Waals surface area contributed by atoms with Crippen LogP contribution in [-0.2, 0) is 15.0 Å². The van der Waals surface area contributed by atoms with E-state index in [2.05, 4.69) is 0 Å². The highest BCUT2D eigenvalue weighted by atomic mass is 32.2. The van der Waals surface area contributed by atoms with Crippen LogP contribution in [0.4, 0.5) is 13.2 Å². The van der Waals surface area contributed by atoms with Gasteiger partial charge >= 0.3 is 12.1 Å². The van der Waals surface area contributed by atoms with E-state index < -0.39 is 47.5 Å². The molecule has 0 fully saturated rings. The molecule has 1 atom stereocenters. The molecule has 0 saturated carbocycles. The average Bonchev–Trinajstić information content (AvgIpc) is 2.09. The Bertz CT molecular complexity index is 392. The maximum atomic E-state index is 11.8. The zero-order valence-electron chi connectivity index (χ0n) is 9.28. The van der Waals surface area contributed by atoms with Gasteiger partial charge in [-0.1, -0.05) is 0 Å². The first kappa shape index (κ1) is 17.1. The summed E-state index contributed by atoms with van der Waals surface area (Å²) < 4.78 is 60.1. The molecular formula is C7H13F3N2O5S. The maximum absolute atomic E-state index is 11.8. The van der Waals surface area contributed by atoms with Crippen molar-refractivity contribution in [3.8, 4) is 0 Å². The van der Waals surface area contributed by atoms with Crippen LogP contribution in [0.15, 0.2) is 0 Å². The molecule has 0 spiro atoms. The third-order valence-corrected chi connectivity index (χ3v) is 2.69. The summed E-state index contributed by atoms with van der Waals surface area (Å²) >= 11 is 0. The number of aliphatic hydroxyl groups is 1. The molecule has 0 radical (unpaired) electrons. The van der Waals surface area contributed by atoms with Gasteiger partial charge in [-0.2, -0.15) is 31.0 Å². The van der Waals surface area contributed by atoms with Crippen LogP contribution in [0, 0.1) is 0 Å². The van der Waals surface area contributed by atoms with Crippen molar-refractivity contribution in [2.45, 2.75) is 25.1 Å². The fourth-order valence-electron chi connectivity index (χ4n) is 0.867. The standard InChI is InChI=1S/C7H13F3N2O5S/c1-6(15,2-5(13)14)3-11-18(16,17)12-4-7(8,9)10/h11-12,15H,2-4H2,1H3,(H,13,14). The lowest BCUT2D eigenvalue weighted by atomic mass is 10.0. The Balaban J connectivity index is 4.31. The lowest BCUT2D eigenvalue weighted by Gasteiger charge is -2.21. The van der Waals surface area contributed by atoms with Gasteiger partial charge in [-0.05, 0) is 6.92 Å². The minimum Gasteiger partial charge on any atom is -0.481 e. The highest BCUT2D eigenvalue weighted by molar-refractivity contribution is 7.87. The van der Waals surface area contributed by atoms with Crippen molar-refractivity contribution in [1.29, 1.82) is 0 Å². The molecule has 0 aromatic heterocycles. The van der Waals surface area contributed by atoms with Gasteiger partial charge in [0.15, 0.2) is 0 Å². The van der Waals surface area contributed by atoms with Crippen LogP contribution in [0.5, 0.6) is 0 Å². The molecule has 0 aromatic rings. The van der Waals surface area contributed by atoms with Crippen LogP contribution in [-0.4, -0.2) is 49.5 Å². The van der Waals surface area contributed by atoms with Crippen molar-refractivity contribution >= 4 is 16.2 Å². The summed E-state index contributed by atoms with van der Waals surface area (Å²) in [5.74, 6) is -1.37. The van der Waals surface area contributed by atoms with Crippen molar-refractivity contribution < 1.29 is 36.6 Å². The number of aliphatic carboxylic acids is 1. The van der Waals surface area contributed by atoms with Gasteiger partial charge in [-0.15, -0.1) is 0 Å². The molecule has 0 bridgehead atoms. The number of alkyl halides is 3. The molecule has 0 aliphatic heterocycles. The third kappa shape index (κ3) is 9.15. The summed E-state index contributed by atoms with van der Waals surface area (Å²) in [6.45, 7) is -1.46. The first-order valence-corrected chi connectivity index (χ1v) is 6.06. The maximum Gasteiger partial charge on any atom is 0.402 e. The van der Waals surface area contributed by atoms with E-state index in [0.717, 1.165) is 6.92 Å². The molecule has 108 valence electrons. The number of hydrogen-bond acceptors (Lipinski definition) is 4. The third-order valence-electron chi connectivity index (χ3n) is 1.64. The summed E-state index contributed by atoms with van der Waals surface area (Å²) in [4.78, 5) is 10.3. The molecule has 18 heavy (non-hydrogen) atoms. The number of nitrogens with one attached hydrogen (secondary N) is 2. The quantitative estimate of drug-likeness (QED) is 0.490. The SMILES string of the molecule is CC(O)(CNS(=O)(=O)NCC(F)(F)F)CC(=O)O. The van der Waals surface area contributed by atoms with Gasteiger partial charge in [0.1, 0.15) is 6.54 Å². The second-order valence-corrected chi connectivity index (χ2v) is 5.41. The highest BCUT2D eigenvalue weighted by Crippen LogP contribution is 2.12. The largest absolute Gasteiger partial charge is 0.481 e. The second-order valence-electron chi connectivity index (χ2n) is 3.83.